The van der Waals surface area contributed by atoms with Crippen LogP contribution < -0.4 is 26.4 Å². The van der Waals surface area contributed by atoms with Crippen LogP contribution >= 0.6 is 12.6 Å². The first-order chi connectivity index (χ1) is 12.0. The van der Waals surface area contributed by atoms with Crippen molar-refractivity contribution in [3.63, 3.8) is 0 Å². The molecule has 0 heterocycles. The van der Waals surface area contributed by atoms with E-state index in [0.29, 0.717) is 16.3 Å². The van der Waals surface area contributed by atoms with Gasteiger partial charge in [0.05, 0.1) is 12.8 Å². The van der Waals surface area contributed by atoms with Crippen molar-refractivity contribution in [3.05, 3.63) is 59.9 Å². The number of amides is 1. The number of nitrogens with two attached hydrogens (primary N) is 1. The van der Waals surface area contributed by atoms with E-state index in [1.54, 1.807) is 25.3 Å². The molecule has 0 unspecified atom stereocenters. The van der Waals surface area contributed by atoms with Crippen LogP contribution in [0.4, 0.5) is 11.4 Å². The lowest BCUT2D eigenvalue weighted by Crippen LogP contribution is -2.21. The van der Waals surface area contributed by atoms with Crippen molar-refractivity contribution in [2.45, 2.75) is 11.4 Å². The molecule has 0 radical (unpaired) electrons. The SMILES string of the molecule is CNCc1cccc(NC(=O)/C(N)=C/Nc2ccc(OC)cc2S)c1. The normalized spacial score (nSPS) is 11.1. The molecule has 25 heavy (non-hydrogen) atoms. The van der Waals surface area contributed by atoms with Crippen LogP contribution in [0.1, 0.15) is 5.56 Å². The number of benzene rings is 2. The first kappa shape index (κ1) is 18.7. The summed E-state index contributed by atoms with van der Waals surface area (Å²) >= 11 is 4.37. The summed E-state index contributed by atoms with van der Waals surface area (Å²) in [4.78, 5) is 12.9. The van der Waals surface area contributed by atoms with Gasteiger partial charge in [0.25, 0.3) is 5.91 Å². The molecule has 0 aromatic heterocycles. The molecule has 0 atom stereocenters. The van der Waals surface area contributed by atoms with E-state index >= 15 is 0 Å². The van der Waals surface area contributed by atoms with E-state index < -0.39 is 0 Å². The number of nitrogens with one attached hydrogen (secondary N) is 3. The lowest BCUT2D eigenvalue weighted by atomic mass is 10.2. The van der Waals surface area contributed by atoms with Crippen molar-refractivity contribution >= 4 is 29.9 Å². The Hall–Kier alpha value is -2.64. The van der Waals surface area contributed by atoms with Crippen molar-refractivity contribution < 1.29 is 9.53 Å². The molecule has 2 aromatic rings. The molecule has 132 valence electrons. The van der Waals surface area contributed by atoms with E-state index in [4.69, 9.17) is 10.5 Å². The molecule has 5 N–H and O–H groups in total. The van der Waals surface area contributed by atoms with Gasteiger partial charge in [-0.1, -0.05) is 12.1 Å². The van der Waals surface area contributed by atoms with E-state index in [1.165, 1.54) is 6.20 Å². The number of anilines is 2. The fourth-order valence-corrected chi connectivity index (χ4v) is 2.41. The van der Waals surface area contributed by atoms with Gasteiger partial charge in [0.15, 0.2) is 0 Å². The molecule has 2 aromatic carbocycles. The highest BCUT2D eigenvalue weighted by molar-refractivity contribution is 7.80. The Bertz CT molecular complexity index is 777. The van der Waals surface area contributed by atoms with Gasteiger partial charge in [-0.2, -0.15) is 0 Å². The van der Waals surface area contributed by atoms with Gasteiger partial charge in [0, 0.05) is 23.3 Å². The van der Waals surface area contributed by atoms with Crippen LogP contribution in [0.25, 0.3) is 0 Å². The second kappa shape index (κ2) is 9.00. The number of hydrogen-bond donors (Lipinski definition) is 5. The number of carbonyl (C=O) groups is 1. The molecular formula is C18H22N4O2S. The van der Waals surface area contributed by atoms with Crippen LogP contribution in [0.5, 0.6) is 5.75 Å². The van der Waals surface area contributed by atoms with Crippen molar-refractivity contribution in [2.75, 3.05) is 24.8 Å². The molecule has 7 heteroatoms. The maximum atomic E-state index is 12.2. The van der Waals surface area contributed by atoms with Crippen molar-refractivity contribution in [3.8, 4) is 5.75 Å². The third-order valence-corrected chi connectivity index (χ3v) is 3.79. The van der Waals surface area contributed by atoms with E-state index in [-0.39, 0.29) is 11.6 Å². The Labute approximate surface area is 152 Å². The average molecular weight is 358 g/mol. The Morgan fingerprint density at radius 2 is 2.08 bits per heavy atom. The molecule has 0 spiro atoms. The molecule has 2 rings (SSSR count). The second-order valence-corrected chi connectivity index (χ2v) is 5.79. The van der Waals surface area contributed by atoms with Crippen LogP contribution in [0, 0.1) is 0 Å². The Kier molecular flexibility index (Phi) is 6.73. The fourth-order valence-electron chi connectivity index (χ4n) is 2.15. The van der Waals surface area contributed by atoms with E-state index in [0.717, 1.165) is 17.8 Å². The van der Waals surface area contributed by atoms with Crippen LogP contribution in [0.2, 0.25) is 0 Å². The predicted octanol–water partition coefficient (Wildman–Crippen LogP) is 2.55. The maximum absolute atomic E-state index is 12.2. The van der Waals surface area contributed by atoms with Crippen molar-refractivity contribution in [2.24, 2.45) is 5.73 Å². The molecule has 0 aliphatic carbocycles. The molecule has 6 nitrogen and oxygen atoms in total. The van der Waals surface area contributed by atoms with E-state index in [9.17, 15) is 4.79 Å². The zero-order valence-electron chi connectivity index (χ0n) is 14.2. The first-order valence-corrected chi connectivity index (χ1v) is 8.12. The quantitative estimate of drug-likeness (QED) is 0.388. The summed E-state index contributed by atoms with van der Waals surface area (Å²) in [5.74, 6) is 0.315. The minimum Gasteiger partial charge on any atom is -0.497 e. The van der Waals surface area contributed by atoms with Crippen molar-refractivity contribution in [1.29, 1.82) is 0 Å². The van der Waals surface area contributed by atoms with Gasteiger partial charge in [-0.15, -0.1) is 12.6 Å². The van der Waals surface area contributed by atoms with Crippen LogP contribution in [-0.4, -0.2) is 20.1 Å². The number of thiol groups is 1. The maximum Gasteiger partial charge on any atom is 0.273 e. The summed E-state index contributed by atoms with van der Waals surface area (Å²) in [6.07, 6.45) is 1.44. The number of rotatable bonds is 7. The van der Waals surface area contributed by atoms with Crippen LogP contribution in [0.15, 0.2) is 59.3 Å². The highest BCUT2D eigenvalue weighted by Gasteiger charge is 2.07. The summed E-state index contributed by atoms with van der Waals surface area (Å²) in [7, 11) is 3.45. The molecule has 0 bridgehead atoms. The Morgan fingerprint density at radius 3 is 2.76 bits per heavy atom. The summed E-state index contributed by atoms with van der Waals surface area (Å²) in [5, 5.41) is 8.81. The second-order valence-electron chi connectivity index (χ2n) is 5.31. The summed E-state index contributed by atoms with van der Waals surface area (Å²) in [6, 6.07) is 12.9. The number of methoxy groups -OCH3 is 1. The van der Waals surface area contributed by atoms with Gasteiger partial charge in [-0.05, 0) is 42.9 Å². The molecule has 0 aliphatic rings. The molecule has 0 aliphatic heterocycles. The summed E-state index contributed by atoms with van der Waals surface area (Å²) in [6.45, 7) is 0.721. The number of hydrogen-bond acceptors (Lipinski definition) is 6. The minimum absolute atomic E-state index is 0.0579. The van der Waals surface area contributed by atoms with Gasteiger partial charge in [-0.25, -0.2) is 0 Å². The Balaban J connectivity index is 2.01. The zero-order chi connectivity index (χ0) is 18.2. The van der Waals surface area contributed by atoms with Gasteiger partial charge in [0.1, 0.15) is 11.4 Å². The predicted molar refractivity (Wildman–Crippen MR) is 104 cm³/mol. The topological polar surface area (TPSA) is 88.4 Å². The lowest BCUT2D eigenvalue weighted by Gasteiger charge is -2.09. The number of ether oxygens (including phenoxy) is 1. The van der Waals surface area contributed by atoms with Crippen molar-refractivity contribution in [1.82, 2.24) is 5.32 Å². The monoisotopic (exact) mass is 358 g/mol. The molecular weight excluding hydrogens is 336 g/mol. The molecule has 0 fully saturated rings. The highest BCUT2D eigenvalue weighted by Crippen LogP contribution is 2.25. The van der Waals surface area contributed by atoms with Gasteiger partial charge < -0.3 is 26.4 Å². The van der Waals surface area contributed by atoms with Crippen LogP contribution in [-0.2, 0) is 11.3 Å². The van der Waals surface area contributed by atoms with Gasteiger partial charge in [0.2, 0.25) is 0 Å². The summed E-state index contributed by atoms with van der Waals surface area (Å²) in [5.41, 5.74) is 8.37. The molecule has 1 amide bonds. The van der Waals surface area contributed by atoms with Crippen LogP contribution in [0.3, 0.4) is 0 Å². The molecule has 0 saturated heterocycles. The largest absolute Gasteiger partial charge is 0.497 e. The fraction of sp³-hybridized carbons (Fsp3) is 0.167. The summed E-state index contributed by atoms with van der Waals surface area (Å²) < 4.78 is 5.12. The average Bonchev–Trinajstić information content (AvgIpc) is 2.60. The first-order valence-electron chi connectivity index (χ1n) is 7.67. The van der Waals surface area contributed by atoms with E-state index in [1.807, 2.05) is 31.3 Å². The number of carbonyl (C=O) groups excluding carboxylic acids is 1. The van der Waals surface area contributed by atoms with E-state index in [2.05, 4.69) is 28.6 Å². The van der Waals surface area contributed by atoms with Gasteiger partial charge in [-0.3, -0.25) is 4.79 Å². The lowest BCUT2D eigenvalue weighted by molar-refractivity contribution is -0.112. The van der Waals surface area contributed by atoms with Gasteiger partial charge >= 0.3 is 0 Å². The third-order valence-electron chi connectivity index (χ3n) is 3.42. The zero-order valence-corrected chi connectivity index (χ0v) is 15.1. The minimum atomic E-state index is -0.386. The highest BCUT2D eigenvalue weighted by atomic mass is 32.1. The molecule has 0 saturated carbocycles. The smallest absolute Gasteiger partial charge is 0.273 e. The Morgan fingerprint density at radius 1 is 1.28 bits per heavy atom. The standard InChI is InChI=1S/C18H22N4O2S/c1-20-10-12-4-3-5-13(8-12)22-18(23)15(19)11-21-16-7-6-14(24-2)9-17(16)25/h3-9,11,20-21,25H,10,19H2,1-2H3,(H,22,23)/b15-11-. The third kappa shape index (κ3) is 5.44.